The van der Waals surface area contributed by atoms with E-state index in [0.29, 0.717) is 22.0 Å². The van der Waals surface area contributed by atoms with Crippen molar-refractivity contribution in [2.24, 2.45) is 0 Å². The smallest absolute Gasteiger partial charge is 0.154 e. The number of carbonyl (C=O) groups excluding carboxylic acids is 1. The van der Waals surface area contributed by atoms with Crippen LogP contribution in [0.1, 0.15) is 24.8 Å². The van der Waals surface area contributed by atoms with Crippen molar-refractivity contribution in [2.75, 3.05) is 0 Å². The topological polar surface area (TPSA) is 40.9 Å². The van der Waals surface area contributed by atoms with Gasteiger partial charge in [-0.3, -0.25) is 4.79 Å². The molecule has 0 N–H and O–H groups in total. The molecule has 15 heavy (non-hydrogen) atoms. The van der Waals surface area contributed by atoms with E-state index in [1.54, 1.807) is 19.1 Å². The Morgan fingerprint density at radius 2 is 2.20 bits per heavy atom. The SMILES string of the molecule is CCC(=O)[C@H](C#N)c1ccc(Cl)cc1Cl. The Morgan fingerprint density at radius 3 is 2.67 bits per heavy atom. The molecule has 0 saturated heterocycles. The van der Waals surface area contributed by atoms with Gasteiger partial charge in [-0.15, -0.1) is 0 Å². The van der Waals surface area contributed by atoms with Crippen LogP contribution in [0, 0.1) is 11.3 Å². The zero-order chi connectivity index (χ0) is 11.4. The summed E-state index contributed by atoms with van der Waals surface area (Å²) in [4.78, 5) is 11.5. The van der Waals surface area contributed by atoms with Crippen LogP contribution in [0.25, 0.3) is 0 Å². The van der Waals surface area contributed by atoms with E-state index in [-0.39, 0.29) is 5.78 Å². The number of carbonyl (C=O) groups is 1. The first-order valence-corrected chi connectivity index (χ1v) is 5.23. The maximum absolute atomic E-state index is 11.5. The molecule has 1 atom stereocenters. The summed E-state index contributed by atoms with van der Waals surface area (Å²) in [5, 5.41) is 9.76. The van der Waals surface area contributed by atoms with Gasteiger partial charge in [0.25, 0.3) is 0 Å². The molecular formula is C11H9Cl2NO. The van der Waals surface area contributed by atoms with Crippen molar-refractivity contribution in [3.8, 4) is 6.07 Å². The van der Waals surface area contributed by atoms with Crippen molar-refractivity contribution in [3.05, 3.63) is 33.8 Å². The van der Waals surface area contributed by atoms with Gasteiger partial charge in [0.2, 0.25) is 0 Å². The fourth-order valence-electron chi connectivity index (χ4n) is 1.25. The molecule has 0 aliphatic rings. The molecule has 0 aliphatic heterocycles. The van der Waals surface area contributed by atoms with Crippen molar-refractivity contribution in [2.45, 2.75) is 19.3 Å². The number of halogens is 2. The summed E-state index contributed by atoms with van der Waals surface area (Å²) in [6.45, 7) is 1.72. The van der Waals surface area contributed by atoms with E-state index in [0.717, 1.165) is 0 Å². The number of Topliss-reactive ketones (excluding diaryl/α,β-unsaturated/α-hetero) is 1. The molecule has 0 heterocycles. The average Bonchev–Trinajstić information content (AvgIpc) is 2.21. The van der Waals surface area contributed by atoms with Crippen LogP contribution in [0.4, 0.5) is 0 Å². The van der Waals surface area contributed by atoms with Gasteiger partial charge in [-0.05, 0) is 17.7 Å². The second-order valence-electron chi connectivity index (χ2n) is 3.05. The van der Waals surface area contributed by atoms with Gasteiger partial charge in [0, 0.05) is 16.5 Å². The molecule has 0 radical (unpaired) electrons. The predicted molar refractivity (Wildman–Crippen MR) is 60.1 cm³/mol. The molecule has 0 spiro atoms. The normalized spacial score (nSPS) is 11.9. The lowest BCUT2D eigenvalue weighted by Gasteiger charge is -2.09. The van der Waals surface area contributed by atoms with Crippen LogP contribution >= 0.6 is 23.2 Å². The summed E-state index contributed by atoms with van der Waals surface area (Å²) in [6.07, 6.45) is 0.317. The molecule has 0 aromatic heterocycles. The molecule has 0 aliphatic carbocycles. The first kappa shape index (κ1) is 12.0. The number of hydrogen-bond donors (Lipinski definition) is 0. The molecular weight excluding hydrogens is 233 g/mol. The van der Waals surface area contributed by atoms with Gasteiger partial charge < -0.3 is 0 Å². The lowest BCUT2D eigenvalue weighted by atomic mass is 9.95. The maximum Gasteiger partial charge on any atom is 0.154 e. The Labute approximate surface area is 98.4 Å². The summed E-state index contributed by atoms with van der Waals surface area (Å²) in [7, 11) is 0. The van der Waals surface area contributed by atoms with Crippen molar-refractivity contribution >= 4 is 29.0 Å². The molecule has 0 bridgehead atoms. The highest BCUT2D eigenvalue weighted by atomic mass is 35.5. The minimum absolute atomic E-state index is 0.137. The van der Waals surface area contributed by atoms with Crippen LogP contribution in [0.3, 0.4) is 0 Å². The third-order valence-corrected chi connectivity index (χ3v) is 2.64. The molecule has 0 unspecified atom stereocenters. The van der Waals surface area contributed by atoms with Gasteiger partial charge in [0.05, 0.1) is 6.07 Å². The third kappa shape index (κ3) is 2.71. The summed E-state index contributed by atoms with van der Waals surface area (Å²) in [5.41, 5.74) is 0.524. The number of nitrogens with zero attached hydrogens (tertiary/aromatic N) is 1. The maximum atomic E-state index is 11.5. The molecule has 0 fully saturated rings. The van der Waals surface area contributed by atoms with Crippen LogP contribution in [-0.2, 0) is 4.79 Å². The van der Waals surface area contributed by atoms with Crippen LogP contribution in [-0.4, -0.2) is 5.78 Å². The van der Waals surface area contributed by atoms with Gasteiger partial charge >= 0.3 is 0 Å². The first-order valence-electron chi connectivity index (χ1n) is 4.47. The summed E-state index contributed by atoms with van der Waals surface area (Å²) >= 11 is 11.6. The number of benzene rings is 1. The molecule has 78 valence electrons. The molecule has 0 amide bonds. The Morgan fingerprint density at radius 1 is 1.53 bits per heavy atom. The number of nitriles is 1. The van der Waals surface area contributed by atoms with E-state index in [4.69, 9.17) is 28.5 Å². The minimum atomic E-state index is -0.792. The van der Waals surface area contributed by atoms with Crippen molar-refractivity contribution in [1.82, 2.24) is 0 Å². The number of ketones is 1. The second kappa shape index (κ2) is 5.16. The van der Waals surface area contributed by atoms with Crippen LogP contribution in [0.2, 0.25) is 10.0 Å². The van der Waals surface area contributed by atoms with Crippen LogP contribution < -0.4 is 0 Å². The molecule has 4 heteroatoms. The van der Waals surface area contributed by atoms with Crippen LogP contribution in [0.15, 0.2) is 18.2 Å². The standard InChI is InChI=1S/C11H9Cl2NO/c1-2-11(15)9(6-14)8-4-3-7(12)5-10(8)13/h3-5,9H,2H2,1H3/t9-/m1/s1. The van der Waals surface area contributed by atoms with E-state index < -0.39 is 5.92 Å². The van der Waals surface area contributed by atoms with E-state index in [1.807, 2.05) is 6.07 Å². The fourth-order valence-corrected chi connectivity index (χ4v) is 1.77. The van der Waals surface area contributed by atoms with Crippen LogP contribution in [0.5, 0.6) is 0 Å². The average molecular weight is 242 g/mol. The van der Waals surface area contributed by atoms with Crippen molar-refractivity contribution in [3.63, 3.8) is 0 Å². The summed E-state index contributed by atoms with van der Waals surface area (Å²) < 4.78 is 0. The number of rotatable bonds is 3. The van der Waals surface area contributed by atoms with Gasteiger partial charge in [0.15, 0.2) is 5.78 Å². The van der Waals surface area contributed by atoms with E-state index in [2.05, 4.69) is 0 Å². The minimum Gasteiger partial charge on any atom is -0.298 e. The summed E-state index contributed by atoms with van der Waals surface area (Å²) in [5.74, 6) is -0.929. The van der Waals surface area contributed by atoms with E-state index in [9.17, 15) is 4.79 Å². The van der Waals surface area contributed by atoms with Crippen molar-refractivity contribution in [1.29, 1.82) is 5.26 Å². The zero-order valence-electron chi connectivity index (χ0n) is 8.13. The summed E-state index contributed by atoms with van der Waals surface area (Å²) in [6, 6.07) is 6.72. The van der Waals surface area contributed by atoms with E-state index in [1.165, 1.54) is 6.07 Å². The molecule has 1 aromatic carbocycles. The van der Waals surface area contributed by atoms with Crippen molar-refractivity contribution < 1.29 is 4.79 Å². The zero-order valence-corrected chi connectivity index (χ0v) is 9.64. The third-order valence-electron chi connectivity index (χ3n) is 2.07. The largest absolute Gasteiger partial charge is 0.298 e. The fraction of sp³-hybridized carbons (Fsp3) is 0.273. The predicted octanol–water partition coefficient (Wildman–Crippen LogP) is 3.58. The van der Waals surface area contributed by atoms with E-state index >= 15 is 0 Å². The quantitative estimate of drug-likeness (QED) is 0.812. The van der Waals surface area contributed by atoms with Gasteiger partial charge in [-0.2, -0.15) is 5.26 Å². The Balaban J connectivity index is 3.14. The monoisotopic (exact) mass is 241 g/mol. The highest BCUT2D eigenvalue weighted by Crippen LogP contribution is 2.28. The number of hydrogen-bond acceptors (Lipinski definition) is 2. The first-order chi connectivity index (χ1) is 7.10. The molecule has 1 rings (SSSR count). The Hall–Kier alpha value is -1.04. The molecule has 1 aromatic rings. The van der Waals surface area contributed by atoms with Gasteiger partial charge in [-0.1, -0.05) is 36.2 Å². The lowest BCUT2D eigenvalue weighted by Crippen LogP contribution is -2.09. The second-order valence-corrected chi connectivity index (χ2v) is 3.89. The van der Waals surface area contributed by atoms with Gasteiger partial charge in [0.1, 0.15) is 5.92 Å². The Bertz CT molecular complexity index is 423. The molecule has 0 saturated carbocycles. The van der Waals surface area contributed by atoms with Gasteiger partial charge in [-0.25, -0.2) is 0 Å². The highest BCUT2D eigenvalue weighted by molar-refractivity contribution is 6.35. The highest BCUT2D eigenvalue weighted by Gasteiger charge is 2.20. The molecule has 2 nitrogen and oxygen atoms in total. The Kier molecular flexibility index (Phi) is 4.14. The lowest BCUT2D eigenvalue weighted by molar-refractivity contribution is -0.119.